The number of carbonyl (C=O) groups is 2. The van der Waals surface area contributed by atoms with E-state index in [2.05, 4.69) is 0 Å². The Hall–Kier alpha value is -2.21. The van der Waals surface area contributed by atoms with Gasteiger partial charge in [-0.05, 0) is 19.1 Å². The minimum absolute atomic E-state index is 0.104. The Morgan fingerprint density at radius 2 is 2.10 bits per heavy atom. The van der Waals surface area contributed by atoms with Gasteiger partial charge in [-0.3, -0.25) is 4.79 Å². The van der Waals surface area contributed by atoms with Gasteiger partial charge in [-0.15, -0.1) is 0 Å². The summed E-state index contributed by atoms with van der Waals surface area (Å²) in [5, 5.41) is 9.46. The quantitative estimate of drug-likeness (QED) is 0.941. The van der Waals surface area contributed by atoms with Gasteiger partial charge in [0, 0.05) is 20.3 Å². The standard InChI is InChI=1S/C14H15ClN2O4/c1-8-11(14(19)20)5-10(21-8)7-17(3)13(18)12-4-9(15)6-16(12)2/h4-6H,7H2,1-3H3,(H,19,20). The SMILES string of the molecule is Cc1oc(CN(C)C(=O)c2cc(Cl)cn2C)cc1C(=O)O. The zero-order valence-electron chi connectivity index (χ0n) is 11.9. The number of hydrogen-bond donors (Lipinski definition) is 1. The highest BCUT2D eigenvalue weighted by Crippen LogP contribution is 2.18. The maximum absolute atomic E-state index is 12.3. The number of nitrogens with zero attached hydrogens (tertiary/aromatic N) is 2. The Morgan fingerprint density at radius 1 is 1.43 bits per heavy atom. The van der Waals surface area contributed by atoms with Crippen LogP contribution < -0.4 is 0 Å². The monoisotopic (exact) mass is 310 g/mol. The molecule has 0 aliphatic rings. The summed E-state index contributed by atoms with van der Waals surface area (Å²) in [7, 11) is 3.34. The van der Waals surface area contributed by atoms with Gasteiger partial charge in [-0.1, -0.05) is 11.6 Å². The van der Waals surface area contributed by atoms with Crippen molar-refractivity contribution in [2.45, 2.75) is 13.5 Å². The molecule has 112 valence electrons. The minimum Gasteiger partial charge on any atom is -0.478 e. The maximum atomic E-state index is 12.3. The van der Waals surface area contributed by atoms with Gasteiger partial charge in [0.1, 0.15) is 22.8 Å². The summed E-state index contributed by atoms with van der Waals surface area (Å²) in [5.74, 6) is -0.539. The van der Waals surface area contributed by atoms with Crippen molar-refractivity contribution in [2.75, 3.05) is 7.05 Å². The molecule has 0 aliphatic heterocycles. The summed E-state index contributed by atoms with van der Waals surface area (Å²) < 4.78 is 7.00. The van der Waals surface area contributed by atoms with Gasteiger partial charge >= 0.3 is 5.97 Å². The van der Waals surface area contributed by atoms with Crippen molar-refractivity contribution in [3.63, 3.8) is 0 Å². The Kier molecular flexibility index (Phi) is 4.09. The number of aromatic nitrogens is 1. The van der Waals surface area contributed by atoms with Crippen LogP contribution in [0, 0.1) is 6.92 Å². The highest BCUT2D eigenvalue weighted by molar-refractivity contribution is 6.31. The van der Waals surface area contributed by atoms with Crippen LogP contribution >= 0.6 is 11.6 Å². The third-order valence-corrected chi connectivity index (χ3v) is 3.34. The first-order valence-corrected chi connectivity index (χ1v) is 6.57. The molecule has 2 heterocycles. The number of hydrogen-bond acceptors (Lipinski definition) is 3. The Labute approximate surface area is 126 Å². The van der Waals surface area contributed by atoms with E-state index in [1.165, 1.54) is 11.0 Å². The maximum Gasteiger partial charge on any atom is 0.339 e. The molecule has 0 unspecified atom stereocenters. The summed E-state index contributed by atoms with van der Waals surface area (Å²) in [6.45, 7) is 1.75. The molecule has 0 bridgehead atoms. The van der Waals surface area contributed by atoms with Crippen LogP contribution in [0.3, 0.4) is 0 Å². The van der Waals surface area contributed by atoms with Gasteiger partial charge in [0.25, 0.3) is 5.91 Å². The average molecular weight is 311 g/mol. The molecule has 0 fully saturated rings. The molecule has 2 rings (SSSR count). The molecule has 21 heavy (non-hydrogen) atoms. The van der Waals surface area contributed by atoms with Crippen LogP contribution in [0.4, 0.5) is 0 Å². The summed E-state index contributed by atoms with van der Waals surface area (Å²) >= 11 is 5.86. The van der Waals surface area contributed by atoms with Crippen LogP contribution in [-0.2, 0) is 13.6 Å². The highest BCUT2D eigenvalue weighted by atomic mass is 35.5. The first-order chi connectivity index (χ1) is 9.79. The Morgan fingerprint density at radius 3 is 2.57 bits per heavy atom. The van der Waals surface area contributed by atoms with Crippen LogP contribution in [0.2, 0.25) is 5.02 Å². The zero-order valence-corrected chi connectivity index (χ0v) is 12.6. The van der Waals surface area contributed by atoms with E-state index in [-0.39, 0.29) is 18.0 Å². The molecule has 0 saturated carbocycles. The Balaban J connectivity index is 2.16. The number of halogens is 1. The van der Waals surface area contributed by atoms with Crippen LogP contribution in [0.25, 0.3) is 0 Å². The lowest BCUT2D eigenvalue weighted by Gasteiger charge is -2.15. The average Bonchev–Trinajstić information content (AvgIpc) is 2.91. The summed E-state index contributed by atoms with van der Waals surface area (Å²) in [6.07, 6.45) is 1.64. The second kappa shape index (κ2) is 5.65. The highest BCUT2D eigenvalue weighted by Gasteiger charge is 2.19. The van der Waals surface area contributed by atoms with Crippen LogP contribution in [0.15, 0.2) is 22.7 Å². The molecule has 7 heteroatoms. The van der Waals surface area contributed by atoms with Crippen molar-refractivity contribution >= 4 is 23.5 Å². The van der Waals surface area contributed by atoms with E-state index in [1.807, 2.05) is 0 Å². The fourth-order valence-electron chi connectivity index (χ4n) is 2.07. The predicted molar refractivity (Wildman–Crippen MR) is 76.6 cm³/mol. The third-order valence-electron chi connectivity index (χ3n) is 3.13. The first-order valence-electron chi connectivity index (χ1n) is 6.19. The number of carbonyl (C=O) groups excluding carboxylic acids is 1. The summed E-state index contributed by atoms with van der Waals surface area (Å²) in [4.78, 5) is 24.7. The zero-order chi connectivity index (χ0) is 15.7. The summed E-state index contributed by atoms with van der Waals surface area (Å²) in [5.41, 5.74) is 0.553. The molecule has 2 aromatic heterocycles. The van der Waals surface area contributed by atoms with Gasteiger partial charge in [0.05, 0.1) is 11.6 Å². The number of carboxylic acid groups (broad SMARTS) is 1. The van der Waals surface area contributed by atoms with Gasteiger partial charge in [0.15, 0.2) is 0 Å². The number of aryl methyl sites for hydroxylation is 2. The van der Waals surface area contributed by atoms with Gasteiger partial charge in [0.2, 0.25) is 0 Å². The fraction of sp³-hybridized carbons (Fsp3) is 0.286. The van der Waals surface area contributed by atoms with E-state index in [4.69, 9.17) is 21.1 Å². The molecule has 1 N–H and O–H groups in total. The second-order valence-corrected chi connectivity index (χ2v) is 5.24. The number of carboxylic acids is 1. The second-order valence-electron chi connectivity index (χ2n) is 4.80. The number of amides is 1. The van der Waals surface area contributed by atoms with Crippen molar-refractivity contribution in [1.82, 2.24) is 9.47 Å². The lowest BCUT2D eigenvalue weighted by Crippen LogP contribution is -2.27. The predicted octanol–water partition coefficient (Wildman–Crippen LogP) is 2.55. The lowest BCUT2D eigenvalue weighted by molar-refractivity contribution is 0.0694. The molecule has 0 saturated heterocycles. The van der Waals surface area contributed by atoms with Crippen molar-refractivity contribution in [2.24, 2.45) is 7.05 Å². The first kappa shape index (κ1) is 15.2. The number of furan rings is 1. The molecule has 0 aliphatic carbocycles. The number of aromatic carboxylic acids is 1. The molecule has 0 atom stereocenters. The van der Waals surface area contributed by atoms with Crippen molar-refractivity contribution < 1.29 is 19.1 Å². The molecule has 1 amide bonds. The molecule has 0 radical (unpaired) electrons. The van der Waals surface area contributed by atoms with E-state index in [0.717, 1.165) is 0 Å². The van der Waals surface area contributed by atoms with Gasteiger partial charge in [-0.25, -0.2) is 4.79 Å². The Bertz CT molecular complexity index is 702. The van der Waals surface area contributed by atoms with Crippen LogP contribution in [-0.4, -0.2) is 33.5 Å². The van der Waals surface area contributed by atoms with Crippen molar-refractivity contribution in [3.8, 4) is 0 Å². The molecule has 6 nitrogen and oxygen atoms in total. The molecule has 0 aromatic carbocycles. The van der Waals surface area contributed by atoms with Crippen LogP contribution in [0.5, 0.6) is 0 Å². The number of rotatable bonds is 4. The molecule has 0 spiro atoms. The summed E-state index contributed by atoms with van der Waals surface area (Å²) in [6, 6.07) is 3.01. The van der Waals surface area contributed by atoms with Crippen molar-refractivity contribution in [1.29, 1.82) is 0 Å². The smallest absolute Gasteiger partial charge is 0.339 e. The molecular formula is C14H15ClN2O4. The minimum atomic E-state index is -1.05. The van der Waals surface area contributed by atoms with E-state index in [9.17, 15) is 9.59 Å². The lowest BCUT2D eigenvalue weighted by atomic mass is 10.2. The van der Waals surface area contributed by atoms with E-state index >= 15 is 0 Å². The largest absolute Gasteiger partial charge is 0.478 e. The van der Waals surface area contributed by atoms with E-state index in [0.29, 0.717) is 22.2 Å². The van der Waals surface area contributed by atoms with Crippen LogP contribution in [0.1, 0.15) is 32.4 Å². The third kappa shape index (κ3) is 3.11. The fourth-order valence-corrected chi connectivity index (χ4v) is 2.32. The van der Waals surface area contributed by atoms with Gasteiger partial charge < -0.3 is 19.0 Å². The van der Waals surface area contributed by atoms with E-state index in [1.54, 1.807) is 37.8 Å². The van der Waals surface area contributed by atoms with Crippen molar-refractivity contribution in [3.05, 3.63) is 46.1 Å². The molecule has 2 aromatic rings. The molecular weight excluding hydrogens is 296 g/mol. The topological polar surface area (TPSA) is 75.7 Å². The van der Waals surface area contributed by atoms with Gasteiger partial charge in [-0.2, -0.15) is 0 Å². The van der Waals surface area contributed by atoms with E-state index < -0.39 is 5.97 Å². The normalized spacial score (nSPS) is 10.7.